The standard InChI is InChI=1S/C15H14N2O2S3/c1-10-4-3-5-11-6-14(21-15(10)11)22(18,19)17-12-7-13(20-2)9-16-8-12/h3-9,17H,1-2H3. The number of nitrogens with one attached hydrogen (secondary N) is 1. The zero-order chi connectivity index (χ0) is 15.7. The van der Waals surface area contributed by atoms with Crippen molar-refractivity contribution in [3.8, 4) is 0 Å². The first-order valence-corrected chi connectivity index (χ1v) is 10.0. The molecule has 0 spiro atoms. The number of aryl methyl sites for hydroxylation is 1. The Morgan fingerprint density at radius 3 is 2.77 bits per heavy atom. The predicted octanol–water partition coefficient (Wildman–Crippen LogP) is 4.13. The van der Waals surface area contributed by atoms with Gasteiger partial charge in [-0.25, -0.2) is 8.42 Å². The van der Waals surface area contributed by atoms with Crippen molar-refractivity contribution in [2.75, 3.05) is 11.0 Å². The molecule has 0 unspecified atom stereocenters. The van der Waals surface area contributed by atoms with Crippen LogP contribution in [-0.2, 0) is 10.0 Å². The molecule has 0 saturated heterocycles. The first-order valence-electron chi connectivity index (χ1n) is 6.50. The van der Waals surface area contributed by atoms with Crippen LogP contribution >= 0.6 is 23.1 Å². The average molecular weight is 350 g/mol. The van der Waals surface area contributed by atoms with Gasteiger partial charge in [0.2, 0.25) is 0 Å². The van der Waals surface area contributed by atoms with E-state index in [1.54, 1.807) is 18.3 Å². The topological polar surface area (TPSA) is 59.1 Å². The highest BCUT2D eigenvalue weighted by Crippen LogP contribution is 2.32. The summed E-state index contributed by atoms with van der Waals surface area (Å²) in [5.74, 6) is 0. The summed E-state index contributed by atoms with van der Waals surface area (Å²) in [5.41, 5.74) is 1.55. The molecule has 1 N–H and O–H groups in total. The molecule has 3 aromatic rings. The Balaban J connectivity index is 1.99. The highest BCUT2D eigenvalue weighted by molar-refractivity contribution is 7.98. The van der Waals surface area contributed by atoms with Crippen molar-refractivity contribution in [1.29, 1.82) is 0 Å². The second kappa shape index (κ2) is 5.91. The average Bonchev–Trinajstić information content (AvgIpc) is 2.93. The minimum Gasteiger partial charge on any atom is -0.277 e. The van der Waals surface area contributed by atoms with E-state index in [1.807, 2.05) is 31.4 Å². The molecule has 0 saturated carbocycles. The van der Waals surface area contributed by atoms with Gasteiger partial charge in [0, 0.05) is 15.8 Å². The molecule has 7 heteroatoms. The van der Waals surface area contributed by atoms with Crippen LogP contribution in [0.3, 0.4) is 0 Å². The molecule has 0 aliphatic carbocycles. The largest absolute Gasteiger partial charge is 0.277 e. The van der Waals surface area contributed by atoms with Gasteiger partial charge in [0.05, 0.1) is 11.9 Å². The quantitative estimate of drug-likeness (QED) is 0.719. The van der Waals surface area contributed by atoms with Crippen LogP contribution in [0.5, 0.6) is 0 Å². The van der Waals surface area contributed by atoms with Gasteiger partial charge in [-0.15, -0.1) is 23.1 Å². The van der Waals surface area contributed by atoms with Gasteiger partial charge in [0.25, 0.3) is 10.0 Å². The fourth-order valence-corrected chi connectivity index (χ4v) is 5.00. The molecular weight excluding hydrogens is 336 g/mol. The fraction of sp³-hybridized carbons (Fsp3) is 0.133. The molecule has 4 nitrogen and oxygen atoms in total. The molecule has 3 rings (SSSR count). The number of thioether (sulfide) groups is 1. The number of sulfonamides is 1. The van der Waals surface area contributed by atoms with Crippen LogP contribution in [0.25, 0.3) is 10.1 Å². The third kappa shape index (κ3) is 2.97. The molecule has 2 aromatic heterocycles. The van der Waals surface area contributed by atoms with Crippen molar-refractivity contribution >= 4 is 48.9 Å². The van der Waals surface area contributed by atoms with Crippen LogP contribution in [-0.4, -0.2) is 19.7 Å². The molecule has 22 heavy (non-hydrogen) atoms. The lowest BCUT2D eigenvalue weighted by atomic mass is 10.2. The number of thiophene rings is 1. The number of anilines is 1. The lowest BCUT2D eigenvalue weighted by Gasteiger charge is -2.06. The zero-order valence-corrected chi connectivity index (χ0v) is 14.5. The lowest BCUT2D eigenvalue weighted by molar-refractivity contribution is 0.603. The summed E-state index contributed by atoms with van der Waals surface area (Å²) in [6.07, 6.45) is 5.13. The molecule has 2 heterocycles. The molecule has 0 amide bonds. The Morgan fingerprint density at radius 1 is 1.23 bits per heavy atom. The zero-order valence-electron chi connectivity index (χ0n) is 12.0. The monoisotopic (exact) mass is 350 g/mol. The minimum absolute atomic E-state index is 0.311. The number of benzene rings is 1. The Hall–Kier alpha value is -1.57. The van der Waals surface area contributed by atoms with Crippen molar-refractivity contribution in [1.82, 2.24) is 4.98 Å². The molecule has 1 aromatic carbocycles. The van der Waals surface area contributed by atoms with E-state index >= 15 is 0 Å². The van der Waals surface area contributed by atoms with Gasteiger partial charge in [-0.05, 0) is 36.3 Å². The Bertz CT molecular complexity index is 933. The SMILES string of the molecule is CSc1cncc(NS(=O)(=O)c2cc3cccc(C)c3s2)c1. The third-order valence-corrected chi connectivity index (χ3v) is 7.02. The van der Waals surface area contributed by atoms with Gasteiger partial charge in [-0.2, -0.15) is 0 Å². The molecule has 0 fully saturated rings. The van der Waals surface area contributed by atoms with E-state index in [0.29, 0.717) is 9.90 Å². The summed E-state index contributed by atoms with van der Waals surface area (Å²) in [6, 6.07) is 9.32. The second-order valence-electron chi connectivity index (χ2n) is 4.78. The molecule has 114 valence electrons. The molecule has 0 aliphatic heterocycles. The fourth-order valence-electron chi connectivity index (χ4n) is 2.11. The van der Waals surface area contributed by atoms with Crippen LogP contribution in [0.15, 0.2) is 51.8 Å². The Labute approximate surface area is 137 Å². The number of pyridine rings is 1. The van der Waals surface area contributed by atoms with Crippen molar-refractivity contribution in [2.24, 2.45) is 0 Å². The number of hydrogen-bond donors (Lipinski definition) is 1. The number of fused-ring (bicyclic) bond motifs is 1. The Morgan fingerprint density at radius 2 is 2.05 bits per heavy atom. The molecule has 0 atom stereocenters. The summed E-state index contributed by atoms with van der Waals surface area (Å²) >= 11 is 2.80. The van der Waals surface area contributed by atoms with E-state index in [9.17, 15) is 8.42 Å². The van der Waals surface area contributed by atoms with E-state index < -0.39 is 10.0 Å². The van der Waals surface area contributed by atoms with Gasteiger partial charge in [-0.1, -0.05) is 18.2 Å². The van der Waals surface area contributed by atoms with Crippen molar-refractivity contribution in [3.05, 3.63) is 48.3 Å². The van der Waals surface area contributed by atoms with Gasteiger partial charge in [0.15, 0.2) is 0 Å². The van der Waals surface area contributed by atoms with Crippen LogP contribution in [0, 0.1) is 6.92 Å². The van der Waals surface area contributed by atoms with Crippen LogP contribution in [0.1, 0.15) is 5.56 Å². The normalized spacial score (nSPS) is 11.7. The van der Waals surface area contributed by atoms with Gasteiger partial charge in [-0.3, -0.25) is 9.71 Å². The summed E-state index contributed by atoms with van der Waals surface area (Å²) < 4.78 is 29.0. The first kappa shape index (κ1) is 15.3. The highest BCUT2D eigenvalue weighted by atomic mass is 32.2. The maximum atomic E-state index is 12.5. The van der Waals surface area contributed by atoms with E-state index in [-0.39, 0.29) is 0 Å². The molecule has 0 aliphatic rings. The summed E-state index contributed by atoms with van der Waals surface area (Å²) in [4.78, 5) is 4.96. The van der Waals surface area contributed by atoms with Gasteiger partial charge >= 0.3 is 0 Å². The lowest BCUT2D eigenvalue weighted by Crippen LogP contribution is -2.11. The van der Waals surface area contributed by atoms with E-state index in [1.165, 1.54) is 29.3 Å². The maximum absolute atomic E-state index is 12.5. The van der Waals surface area contributed by atoms with Gasteiger partial charge in [0.1, 0.15) is 4.21 Å². The number of hydrogen-bond acceptors (Lipinski definition) is 5. The highest BCUT2D eigenvalue weighted by Gasteiger charge is 2.18. The summed E-state index contributed by atoms with van der Waals surface area (Å²) in [6.45, 7) is 1.98. The van der Waals surface area contributed by atoms with Crippen molar-refractivity contribution < 1.29 is 8.42 Å². The second-order valence-corrected chi connectivity index (χ2v) is 8.62. The molecular formula is C15H14N2O2S3. The van der Waals surface area contributed by atoms with Crippen molar-refractivity contribution in [2.45, 2.75) is 16.0 Å². The Kier molecular flexibility index (Phi) is 4.12. The van der Waals surface area contributed by atoms with Crippen LogP contribution in [0.2, 0.25) is 0 Å². The third-order valence-electron chi connectivity index (χ3n) is 3.18. The van der Waals surface area contributed by atoms with Gasteiger partial charge < -0.3 is 0 Å². The predicted molar refractivity (Wildman–Crippen MR) is 93.4 cm³/mol. The molecule has 0 radical (unpaired) electrons. The van der Waals surface area contributed by atoms with Crippen LogP contribution < -0.4 is 4.72 Å². The summed E-state index contributed by atoms with van der Waals surface area (Å²) in [5, 5.41) is 0.946. The van der Waals surface area contributed by atoms with Crippen molar-refractivity contribution in [3.63, 3.8) is 0 Å². The maximum Gasteiger partial charge on any atom is 0.271 e. The van der Waals surface area contributed by atoms with E-state index in [4.69, 9.17) is 0 Å². The van der Waals surface area contributed by atoms with Crippen LogP contribution in [0.4, 0.5) is 5.69 Å². The number of rotatable bonds is 4. The van der Waals surface area contributed by atoms with E-state index in [2.05, 4.69) is 9.71 Å². The number of nitrogens with zero attached hydrogens (tertiary/aromatic N) is 1. The molecule has 0 bridgehead atoms. The number of aromatic nitrogens is 1. The summed E-state index contributed by atoms with van der Waals surface area (Å²) in [7, 11) is -3.60. The first-order chi connectivity index (χ1) is 10.5. The minimum atomic E-state index is -3.60. The smallest absolute Gasteiger partial charge is 0.271 e. The van der Waals surface area contributed by atoms with E-state index in [0.717, 1.165) is 20.5 Å².